The molecule has 6 nitrogen and oxygen atoms in total. The summed E-state index contributed by atoms with van der Waals surface area (Å²) < 4.78 is 30.5. The van der Waals surface area contributed by atoms with Gasteiger partial charge in [0, 0.05) is 11.6 Å². The first kappa shape index (κ1) is 18.8. The van der Waals surface area contributed by atoms with Crippen molar-refractivity contribution >= 4 is 10.0 Å². The molecular formula is C21H24N4O2S. The van der Waals surface area contributed by atoms with E-state index in [1.807, 2.05) is 60.3 Å². The highest BCUT2D eigenvalue weighted by atomic mass is 32.2. The monoisotopic (exact) mass is 396 g/mol. The number of aryl methyl sites for hydroxylation is 1. The Hall–Kier alpha value is -2.51. The summed E-state index contributed by atoms with van der Waals surface area (Å²) in [5.41, 5.74) is 2.83. The van der Waals surface area contributed by atoms with E-state index in [0.29, 0.717) is 4.90 Å². The predicted octanol–water partition coefficient (Wildman–Crippen LogP) is 3.72. The fourth-order valence-electron chi connectivity index (χ4n) is 3.73. The molecule has 0 bridgehead atoms. The van der Waals surface area contributed by atoms with Crippen LogP contribution in [0.4, 0.5) is 0 Å². The topological polar surface area (TPSA) is 76.9 Å². The lowest BCUT2D eigenvalue weighted by Gasteiger charge is -2.31. The van der Waals surface area contributed by atoms with Crippen LogP contribution in [0.15, 0.2) is 65.7 Å². The number of hydrogen-bond donors (Lipinski definition) is 1. The van der Waals surface area contributed by atoms with Crippen LogP contribution in [-0.2, 0) is 10.0 Å². The molecule has 1 fully saturated rings. The minimum Gasteiger partial charge on any atom is -0.247 e. The van der Waals surface area contributed by atoms with Gasteiger partial charge in [0.25, 0.3) is 0 Å². The van der Waals surface area contributed by atoms with E-state index in [-0.39, 0.29) is 12.1 Å². The molecule has 1 aliphatic rings. The second-order valence-corrected chi connectivity index (χ2v) is 9.06. The molecule has 1 aliphatic carbocycles. The smallest absolute Gasteiger partial charge is 0.240 e. The third kappa shape index (κ3) is 4.00. The molecule has 0 spiro atoms. The summed E-state index contributed by atoms with van der Waals surface area (Å²) in [6.07, 6.45) is 5.62. The molecule has 0 radical (unpaired) electrons. The summed E-state index contributed by atoms with van der Waals surface area (Å²) in [5, 5.41) is 8.61. The van der Waals surface area contributed by atoms with Gasteiger partial charge in [-0.3, -0.25) is 0 Å². The molecule has 3 aromatic rings. The van der Waals surface area contributed by atoms with Gasteiger partial charge in [0.15, 0.2) is 0 Å². The van der Waals surface area contributed by atoms with Gasteiger partial charge < -0.3 is 0 Å². The maximum absolute atomic E-state index is 12.9. The molecule has 2 aromatic carbocycles. The number of hydrogen-bond acceptors (Lipinski definition) is 4. The van der Waals surface area contributed by atoms with E-state index >= 15 is 0 Å². The van der Waals surface area contributed by atoms with Gasteiger partial charge in [0.1, 0.15) is 5.69 Å². The van der Waals surface area contributed by atoms with E-state index in [2.05, 4.69) is 15.0 Å². The van der Waals surface area contributed by atoms with E-state index in [0.717, 1.165) is 42.5 Å². The largest absolute Gasteiger partial charge is 0.247 e. The van der Waals surface area contributed by atoms with Gasteiger partial charge in [-0.2, -0.15) is 0 Å². The highest BCUT2D eigenvalue weighted by molar-refractivity contribution is 7.89. The molecule has 4 rings (SSSR count). The van der Waals surface area contributed by atoms with Gasteiger partial charge in [-0.1, -0.05) is 66.1 Å². The van der Waals surface area contributed by atoms with Crippen molar-refractivity contribution < 1.29 is 8.42 Å². The zero-order valence-electron chi connectivity index (χ0n) is 15.8. The zero-order chi connectivity index (χ0) is 19.6. The van der Waals surface area contributed by atoms with Crippen LogP contribution in [0, 0.1) is 6.92 Å². The number of aromatic nitrogens is 3. The lowest BCUT2D eigenvalue weighted by Crippen LogP contribution is -2.43. The van der Waals surface area contributed by atoms with Crippen LogP contribution < -0.4 is 4.72 Å². The molecule has 146 valence electrons. The second-order valence-electron chi connectivity index (χ2n) is 7.34. The average molecular weight is 397 g/mol. The molecule has 0 amide bonds. The molecule has 28 heavy (non-hydrogen) atoms. The van der Waals surface area contributed by atoms with E-state index in [1.54, 1.807) is 12.1 Å². The predicted molar refractivity (Wildman–Crippen MR) is 108 cm³/mol. The standard InChI is InChI=1S/C21H24N4O2S/c1-16-11-13-18(14-12-16)28(26,27)23-19-9-5-6-10-21(19)25-15-20(22-24-25)17-7-3-2-4-8-17/h2-4,7-8,11-15,19,21,23H,5-6,9-10H2,1H3/t19-,21-/m0/s1. The zero-order valence-corrected chi connectivity index (χ0v) is 16.6. The van der Waals surface area contributed by atoms with Crippen LogP contribution in [0.5, 0.6) is 0 Å². The summed E-state index contributed by atoms with van der Waals surface area (Å²) in [4.78, 5) is 0.297. The Bertz CT molecular complexity index is 1030. The van der Waals surface area contributed by atoms with Crippen molar-refractivity contribution in [1.82, 2.24) is 19.7 Å². The Morgan fingerprint density at radius 2 is 1.71 bits per heavy atom. The molecule has 0 aliphatic heterocycles. The fraction of sp³-hybridized carbons (Fsp3) is 0.333. The van der Waals surface area contributed by atoms with Gasteiger partial charge >= 0.3 is 0 Å². The summed E-state index contributed by atoms with van der Waals surface area (Å²) in [5.74, 6) is 0. The third-order valence-electron chi connectivity index (χ3n) is 5.29. The Kier molecular flexibility index (Phi) is 5.28. The Morgan fingerprint density at radius 3 is 2.46 bits per heavy atom. The summed E-state index contributed by atoms with van der Waals surface area (Å²) in [6.45, 7) is 1.94. The van der Waals surface area contributed by atoms with Crippen molar-refractivity contribution in [3.63, 3.8) is 0 Å². The van der Waals surface area contributed by atoms with E-state index in [4.69, 9.17) is 0 Å². The minimum absolute atomic E-state index is 0.0427. The van der Waals surface area contributed by atoms with Gasteiger partial charge in [0.2, 0.25) is 10.0 Å². The first-order chi connectivity index (χ1) is 13.5. The number of benzene rings is 2. The van der Waals surface area contributed by atoms with Crippen LogP contribution in [0.2, 0.25) is 0 Å². The minimum atomic E-state index is -3.57. The molecule has 1 heterocycles. The van der Waals surface area contributed by atoms with Crippen molar-refractivity contribution in [1.29, 1.82) is 0 Å². The maximum Gasteiger partial charge on any atom is 0.240 e. The highest BCUT2D eigenvalue weighted by Gasteiger charge is 2.31. The Balaban J connectivity index is 1.57. The van der Waals surface area contributed by atoms with Crippen molar-refractivity contribution in [3.05, 3.63) is 66.4 Å². The van der Waals surface area contributed by atoms with Crippen LogP contribution in [-0.4, -0.2) is 29.5 Å². The highest BCUT2D eigenvalue weighted by Crippen LogP contribution is 2.30. The summed E-state index contributed by atoms with van der Waals surface area (Å²) >= 11 is 0. The molecule has 0 saturated heterocycles. The normalized spacial score (nSPS) is 20.2. The summed E-state index contributed by atoms with van der Waals surface area (Å²) in [7, 11) is -3.57. The Labute approximate surface area is 165 Å². The van der Waals surface area contributed by atoms with Crippen LogP contribution in [0.3, 0.4) is 0 Å². The van der Waals surface area contributed by atoms with E-state index < -0.39 is 10.0 Å². The lowest BCUT2D eigenvalue weighted by molar-refractivity contribution is 0.267. The quantitative estimate of drug-likeness (QED) is 0.713. The first-order valence-corrected chi connectivity index (χ1v) is 11.1. The summed E-state index contributed by atoms with van der Waals surface area (Å²) in [6, 6.07) is 16.6. The number of sulfonamides is 1. The van der Waals surface area contributed by atoms with Crippen molar-refractivity contribution in [2.45, 2.75) is 49.6 Å². The van der Waals surface area contributed by atoms with E-state index in [9.17, 15) is 8.42 Å². The average Bonchev–Trinajstić information content (AvgIpc) is 3.19. The van der Waals surface area contributed by atoms with Gasteiger partial charge in [-0.25, -0.2) is 17.8 Å². The molecule has 7 heteroatoms. The number of nitrogens with one attached hydrogen (secondary N) is 1. The lowest BCUT2D eigenvalue weighted by atomic mass is 9.91. The number of nitrogens with zero attached hydrogens (tertiary/aromatic N) is 3. The van der Waals surface area contributed by atoms with Crippen molar-refractivity contribution in [2.75, 3.05) is 0 Å². The first-order valence-electron chi connectivity index (χ1n) is 9.59. The molecule has 0 unspecified atom stereocenters. The van der Waals surface area contributed by atoms with Gasteiger partial charge in [-0.15, -0.1) is 5.10 Å². The fourth-order valence-corrected chi connectivity index (χ4v) is 5.03. The second kappa shape index (κ2) is 7.85. The van der Waals surface area contributed by atoms with Crippen molar-refractivity contribution in [3.8, 4) is 11.3 Å². The van der Waals surface area contributed by atoms with Crippen LogP contribution >= 0.6 is 0 Å². The molecule has 2 atom stereocenters. The molecular weight excluding hydrogens is 372 g/mol. The van der Waals surface area contributed by atoms with Gasteiger partial charge in [-0.05, 0) is 31.9 Å². The molecule has 1 aromatic heterocycles. The van der Waals surface area contributed by atoms with E-state index in [1.165, 1.54) is 0 Å². The molecule has 1 saturated carbocycles. The van der Waals surface area contributed by atoms with Crippen molar-refractivity contribution in [2.24, 2.45) is 0 Å². The molecule has 1 N–H and O–H groups in total. The van der Waals surface area contributed by atoms with Crippen LogP contribution in [0.25, 0.3) is 11.3 Å². The van der Waals surface area contributed by atoms with Gasteiger partial charge in [0.05, 0.1) is 17.1 Å². The third-order valence-corrected chi connectivity index (χ3v) is 6.79. The van der Waals surface area contributed by atoms with Crippen LogP contribution in [0.1, 0.15) is 37.3 Å². The maximum atomic E-state index is 12.9. The number of rotatable bonds is 5. The SMILES string of the molecule is Cc1ccc(S(=O)(=O)N[C@H]2CCCC[C@@H]2n2cc(-c3ccccc3)nn2)cc1. The Morgan fingerprint density at radius 1 is 1.00 bits per heavy atom.